The maximum absolute atomic E-state index is 5.76. The van der Waals surface area contributed by atoms with Gasteiger partial charge < -0.3 is 20.1 Å². The van der Waals surface area contributed by atoms with Gasteiger partial charge in [0.05, 0.1) is 13.2 Å². The summed E-state index contributed by atoms with van der Waals surface area (Å²) in [7, 11) is 1.68. The van der Waals surface area contributed by atoms with Crippen molar-refractivity contribution in [3.63, 3.8) is 0 Å². The van der Waals surface area contributed by atoms with Crippen LogP contribution in [0.2, 0.25) is 0 Å². The van der Waals surface area contributed by atoms with Crippen LogP contribution in [0.1, 0.15) is 18.1 Å². The van der Waals surface area contributed by atoms with Gasteiger partial charge in [0.15, 0.2) is 5.96 Å². The Balaban J connectivity index is 0.00000338. The minimum absolute atomic E-state index is 0. The number of rotatable bonds is 9. The van der Waals surface area contributed by atoms with E-state index in [1.165, 1.54) is 0 Å². The van der Waals surface area contributed by atoms with E-state index in [0.29, 0.717) is 32.2 Å². The fourth-order valence-corrected chi connectivity index (χ4v) is 2.14. The third-order valence-corrected chi connectivity index (χ3v) is 3.39. The Morgan fingerprint density at radius 2 is 1.92 bits per heavy atom. The van der Waals surface area contributed by atoms with Crippen LogP contribution >= 0.6 is 24.0 Å². The summed E-state index contributed by atoms with van der Waals surface area (Å²) in [6.45, 7) is 5.24. The van der Waals surface area contributed by atoms with Gasteiger partial charge >= 0.3 is 0 Å². The van der Waals surface area contributed by atoms with Crippen molar-refractivity contribution in [3.05, 3.63) is 59.8 Å². The van der Waals surface area contributed by atoms with Crippen molar-refractivity contribution >= 4 is 29.9 Å². The number of ether oxygens (including phenoxy) is 2. The summed E-state index contributed by atoms with van der Waals surface area (Å²) in [5, 5.41) is 6.43. The standard InChI is InChI=1S/C19H26N4O2.HI/c1-3-20-19(22-11-12-24-2)23-14-17-9-10-21-18(13-17)25-15-16-7-5-4-6-8-16;/h4-10,13H,3,11-12,14-15H2,1-2H3,(H2,20,22,23);1H. The molecule has 1 heterocycles. The zero-order valence-electron chi connectivity index (χ0n) is 15.3. The van der Waals surface area contributed by atoms with Gasteiger partial charge in [-0.15, -0.1) is 24.0 Å². The second-order valence-electron chi connectivity index (χ2n) is 5.39. The van der Waals surface area contributed by atoms with Crippen LogP contribution < -0.4 is 15.4 Å². The Kier molecular flexibility index (Phi) is 11.4. The van der Waals surface area contributed by atoms with Gasteiger partial charge in [0.1, 0.15) is 6.61 Å². The number of benzene rings is 1. The van der Waals surface area contributed by atoms with Gasteiger partial charge in [-0.05, 0) is 24.1 Å². The van der Waals surface area contributed by atoms with Gasteiger partial charge in [0, 0.05) is 32.5 Å². The maximum atomic E-state index is 5.76. The molecule has 0 aliphatic rings. The first kappa shape index (κ1) is 22.2. The summed E-state index contributed by atoms with van der Waals surface area (Å²) < 4.78 is 10.8. The molecule has 0 aliphatic carbocycles. The Morgan fingerprint density at radius 3 is 2.65 bits per heavy atom. The fourth-order valence-electron chi connectivity index (χ4n) is 2.14. The highest BCUT2D eigenvalue weighted by Gasteiger charge is 2.01. The Hall–Kier alpha value is -1.87. The summed E-state index contributed by atoms with van der Waals surface area (Å²) in [6.07, 6.45) is 1.75. The lowest BCUT2D eigenvalue weighted by Gasteiger charge is -2.11. The predicted octanol–water partition coefficient (Wildman–Crippen LogP) is 2.98. The van der Waals surface area contributed by atoms with Crippen molar-refractivity contribution in [2.45, 2.75) is 20.1 Å². The van der Waals surface area contributed by atoms with E-state index in [0.717, 1.165) is 23.6 Å². The summed E-state index contributed by atoms with van der Waals surface area (Å²) in [6, 6.07) is 13.9. The van der Waals surface area contributed by atoms with E-state index in [1.807, 2.05) is 49.4 Å². The molecule has 142 valence electrons. The minimum Gasteiger partial charge on any atom is -0.473 e. The number of aliphatic imine (C=N–C) groups is 1. The van der Waals surface area contributed by atoms with E-state index < -0.39 is 0 Å². The summed E-state index contributed by atoms with van der Waals surface area (Å²) in [5.74, 6) is 1.37. The second kappa shape index (κ2) is 13.3. The molecule has 0 saturated carbocycles. The molecule has 1 aromatic heterocycles. The number of halogens is 1. The molecule has 2 aromatic rings. The Labute approximate surface area is 172 Å². The molecule has 2 rings (SSSR count). The second-order valence-corrected chi connectivity index (χ2v) is 5.39. The molecule has 0 fully saturated rings. The molecular weight excluding hydrogens is 443 g/mol. The van der Waals surface area contributed by atoms with Crippen LogP contribution in [0.25, 0.3) is 0 Å². The number of aromatic nitrogens is 1. The number of guanidine groups is 1. The molecule has 0 radical (unpaired) electrons. The zero-order valence-corrected chi connectivity index (χ0v) is 17.6. The fraction of sp³-hybridized carbons (Fsp3) is 0.368. The topological polar surface area (TPSA) is 67.8 Å². The van der Waals surface area contributed by atoms with E-state index >= 15 is 0 Å². The van der Waals surface area contributed by atoms with Crippen LogP contribution in [-0.4, -0.2) is 37.7 Å². The predicted molar refractivity (Wildman–Crippen MR) is 115 cm³/mol. The summed E-state index contributed by atoms with van der Waals surface area (Å²) in [4.78, 5) is 8.83. The van der Waals surface area contributed by atoms with Crippen molar-refractivity contribution in [1.82, 2.24) is 15.6 Å². The quantitative estimate of drug-likeness (QED) is 0.255. The van der Waals surface area contributed by atoms with Crippen LogP contribution in [0.5, 0.6) is 5.88 Å². The van der Waals surface area contributed by atoms with Crippen molar-refractivity contribution in [2.75, 3.05) is 26.8 Å². The van der Waals surface area contributed by atoms with E-state index in [-0.39, 0.29) is 24.0 Å². The van der Waals surface area contributed by atoms with Crippen molar-refractivity contribution in [2.24, 2.45) is 4.99 Å². The molecule has 2 N–H and O–H groups in total. The van der Waals surface area contributed by atoms with Crippen LogP contribution in [0.3, 0.4) is 0 Å². The number of hydrogen-bond donors (Lipinski definition) is 2. The lowest BCUT2D eigenvalue weighted by molar-refractivity contribution is 0.203. The molecule has 0 unspecified atom stereocenters. The molecule has 0 aliphatic heterocycles. The van der Waals surface area contributed by atoms with Gasteiger partial charge in [-0.1, -0.05) is 30.3 Å². The normalized spacial score (nSPS) is 10.8. The zero-order chi connectivity index (χ0) is 17.7. The van der Waals surface area contributed by atoms with Crippen LogP contribution in [0, 0.1) is 0 Å². The highest BCUT2D eigenvalue weighted by Crippen LogP contribution is 2.12. The minimum atomic E-state index is 0. The first-order chi connectivity index (χ1) is 12.3. The molecule has 0 amide bonds. The smallest absolute Gasteiger partial charge is 0.213 e. The Morgan fingerprint density at radius 1 is 1.12 bits per heavy atom. The molecule has 0 atom stereocenters. The summed E-state index contributed by atoms with van der Waals surface area (Å²) in [5.41, 5.74) is 2.16. The van der Waals surface area contributed by atoms with Gasteiger partial charge in [-0.3, -0.25) is 0 Å². The monoisotopic (exact) mass is 470 g/mol. The number of methoxy groups -OCH3 is 1. The molecule has 1 aromatic carbocycles. The number of hydrogen-bond acceptors (Lipinski definition) is 4. The largest absolute Gasteiger partial charge is 0.473 e. The van der Waals surface area contributed by atoms with Gasteiger partial charge in [0.2, 0.25) is 5.88 Å². The number of pyridine rings is 1. The lowest BCUT2D eigenvalue weighted by atomic mass is 10.2. The van der Waals surface area contributed by atoms with E-state index in [4.69, 9.17) is 9.47 Å². The lowest BCUT2D eigenvalue weighted by Crippen LogP contribution is -2.38. The molecule has 6 nitrogen and oxygen atoms in total. The van der Waals surface area contributed by atoms with Gasteiger partial charge in [0.25, 0.3) is 0 Å². The highest BCUT2D eigenvalue weighted by atomic mass is 127. The molecule has 0 saturated heterocycles. The Bertz CT molecular complexity index is 653. The molecular formula is C19H27IN4O2. The average molecular weight is 470 g/mol. The maximum Gasteiger partial charge on any atom is 0.213 e. The third kappa shape index (κ3) is 8.48. The molecule has 26 heavy (non-hydrogen) atoms. The molecule has 0 spiro atoms. The third-order valence-electron chi connectivity index (χ3n) is 3.39. The van der Waals surface area contributed by atoms with E-state index in [9.17, 15) is 0 Å². The highest BCUT2D eigenvalue weighted by molar-refractivity contribution is 14.0. The van der Waals surface area contributed by atoms with Crippen molar-refractivity contribution in [3.8, 4) is 5.88 Å². The first-order valence-corrected chi connectivity index (χ1v) is 8.44. The first-order valence-electron chi connectivity index (χ1n) is 8.44. The van der Waals surface area contributed by atoms with Gasteiger partial charge in [-0.2, -0.15) is 0 Å². The SMILES string of the molecule is CCNC(=NCc1ccnc(OCc2ccccc2)c1)NCCOC.I. The van der Waals surface area contributed by atoms with Gasteiger partial charge in [-0.25, -0.2) is 9.98 Å². The van der Waals surface area contributed by atoms with Crippen molar-refractivity contribution < 1.29 is 9.47 Å². The molecule has 7 heteroatoms. The average Bonchev–Trinajstić information content (AvgIpc) is 2.66. The molecule has 0 bridgehead atoms. The van der Waals surface area contributed by atoms with Crippen LogP contribution in [0.4, 0.5) is 0 Å². The van der Waals surface area contributed by atoms with E-state index in [2.05, 4.69) is 20.6 Å². The number of nitrogens with one attached hydrogen (secondary N) is 2. The number of nitrogens with zero attached hydrogens (tertiary/aromatic N) is 2. The van der Waals surface area contributed by atoms with Crippen LogP contribution in [-0.2, 0) is 17.9 Å². The van der Waals surface area contributed by atoms with Crippen molar-refractivity contribution in [1.29, 1.82) is 0 Å². The summed E-state index contributed by atoms with van der Waals surface area (Å²) >= 11 is 0. The van der Waals surface area contributed by atoms with Crippen LogP contribution in [0.15, 0.2) is 53.7 Å². The van der Waals surface area contributed by atoms with E-state index in [1.54, 1.807) is 13.3 Å².